The summed E-state index contributed by atoms with van der Waals surface area (Å²) in [5.41, 5.74) is 8.06. The number of nitrogens with one attached hydrogen (secondary N) is 1. The molecule has 0 aliphatic carbocycles. The molecule has 0 aliphatic heterocycles. The molecule has 1 aromatic heterocycles. The van der Waals surface area contributed by atoms with Gasteiger partial charge in [0.25, 0.3) is 0 Å². The molecule has 21 heavy (non-hydrogen) atoms. The molecule has 118 valence electrons. The Morgan fingerprint density at radius 2 is 1.81 bits per heavy atom. The average molecular weight is 295 g/mol. The van der Waals surface area contributed by atoms with Crippen molar-refractivity contribution in [1.82, 2.24) is 10.2 Å². The standard InChI is InChI=1S/C14H25N5O2/c1-10-11(2)17-18-14(12(10)13(15)16)19(7-9-21-4)6-5-8-20-3/h5-9H2,1-4H3,(H3,15,16). The Balaban J connectivity index is 3.10. The molecule has 1 aromatic rings. The van der Waals surface area contributed by atoms with E-state index in [0.717, 1.165) is 24.2 Å². The second kappa shape index (κ2) is 8.53. The first-order valence-corrected chi connectivity index (χ1v) is 6.94. The molecule has 0 saturated carbocycles. The summed E-state index contributed by atoms with van der Waals surface area (Å²) in [4.78, 5) is 2.04. The molecule has 0 atom stereocenters. The lowest BCUT2D eigenvalue weighted by Gasteiger charge is -2.26. The molecule has 7 heteroatoms. The molecule has 7 nitrogen and oxygen atoms in total. The fourth-order valence-corrected chi connectivity index (χ4v) is 2.06. The highest BCUT2D eigenvalue weighted by Gasteiger charge is 2.19. The summed E-state index contributed by atoms with van der Waals surface area (Å²) < 4.78 is 10.2. The lowest BCUT2D eigenvalue weighted by molar-refractivity contribution is 0.191. The molecule has 0 aromatic carbocycles. The largest absolute Gasteiger partial charge is 0.385 e. The number of aryl methyl sites for hydroxylation is 1. The smallest absolute Gasteiger partial charge is 0.162 e. The number of hydrogen-bond donors (Lipinski definition) is 2. The van der Waals surface area contributed by atoms with Crippen LogP contribution in [-0.4, -0.2) is 56.6 Å². The SMILES string of the molecule is COCCCN(CCOC)c1nnc(C)c(C)c1C(=N)N. The van der Waals surface area contributed by atoms with E-state index in [4.69, 9.17) is 20.6 Å². The highest BCUT2D eigenvalue weighted by molar-refractivity contribution is 6.01. The van der Waals surface area contributed by atoms with Gasteiger partial charge < -0.3 is 20.1 Å². The van der Waals surface area contributed by atoms with E-state index in [1.165, 1.54) is 0 Å². The number of methoxy groups -OCH3 is 2. The number of ether oxygens (including phenoxy) is 2. The van der Waals surface area contributed by atoms with Gasteiger partial charge in [-0.2, -0.15) is 5.10 Å². The summed E-state index contributed by atoms with van der Waals surface area (Å²) in [7, 11) is 3.33. The van der Waals surface area contributed by atoms with E-state index in [-0.39, 0.29) is 5.84 Å². The molecule has 0 saturated heterocycles. The van der Waals surface area contributed by atoms with E-state index in [9.17, 15) is 0 Å². The lowest BCUT2D eigenvalue weighted by Crippen LogP contribution is -2.33. The van der Waals surface area contributed by atoms with Crippen molar-refractivity contribution in [2.24, 2.45) is 5.73 Å². The molecule has 1 rings (SSSR count). The Hall–Kier alpha value is -1.73. The Morgan fingerprint density at radius 1 is 1.14 bits per heavy atom. The molecule has 0 unspecified atom stereocenters. The third kappa shape index (κ3) is 4.64. The van der Waals surface area contributed by atoms with Crippen LogP contribution in [0.2, 0.25) is 0 Å². The summed E-state index contributed by atoms with van der Waals surface area (Å²) in [6, 6.07) is 0. The van der Waals surface area contributed by atoms with E-state index in [1.54, 1.807) is 14.2 Å². The summed E-state index contributed by atoms with van der Waals surface area (Å²) in [6.45, 7) is 6.42. The normalized spacial score (nSPS) is 10.7. The predicted molar refractivity (Wildman–Crippen MR) is 83.1 cm³/mol. The van der Waals surface area contributed by atoms with Crippen LogP contribution < -0.4 is 10.6 Å². The molecular weight excluding hydrogens is 270 g/mol. The van der Waals surface area contributed by atoms with Crippen molar-refractivity contribution < 1.29 is 9.47 Å². The van der Waals surface area contributed by atoms with Crippen LogP contribution in [0.15, 0.2) is 0 Å². The van der Waals surface area contributed by atoms with Gasteiger partial charge in [0.05, 0.1) is 17.9 Å². The predicted octanol–water partition coefficient (Wildman–Crippen LogP) is 0.867. The van der Waals surface area contributed by atoms with Crippen molar-refractivity contribution in [1.29, 1.82) is 5.41 Å². The van der Waals surface area contributed by atoms with E-state index in [2.05, 4.69) is 10.2 Å². The quantitative estimate of drug-likeness (QED) is 0.398. The van der Waals surface area contributed by atoms with Gasteiger partial charge in [-0.1, -0.05) is 0 Å². The molecule has 0 aliphatic rings. The Bertz CT molecular complexity index is 479. The van der Waals surface area contributed by atoms with Crippen molar-refractivity contribution >= 4 is 11.7 Å². The minimum absolute atomic E-state index is 0.00894. The first kappa shape index (κ1) is 17.3. The maximum atomic E-state index is 7.82. The zero-order valence-electron chi connectivity index (χ0n) is 13.3. The average Bonchev–Trinajstić information content (AvgIpc) is 2.45. The third-order valence-corrected chi connectivity index (χ3v) is 3.35. The number of hydrogen-bond acceptors (Lipinski definition) is 6. The first-order valence-electron chi connectivity index (χ1n) is 6.94. The third-order valence-electron chi connectivity index (χ3n) is 3.35. The van der Waals surface area contributed by atoms with Gasteiger partial charge in [0.1, 0.15) is 5.84 Å². The van der Waals surface area contributed by atoms with Gasteiger partial charge in [-0.25, -0.2) is 0 Å². The summed E-state index contributed by atoms with van der Waals surface area (Å²) >= 11 is 0. The number of nitrogen functional groups attached to an aromatic ring is 1. The number of aromatic nitrogens is 2. The molecule has 1 heterocycles. The van der Waals surface area contributed by atoms with Crippen LogP contribution in [0.25, 0.3) is 0 Å². The Labute approximate surface area is 126 Å². The first-order chi connectivity index (χ1) is 10.0. The van der Waals surface area contributed by atoms with Gasteiger partial charge in [0.2, 0.25) is 0 Å². The van der Waals surface area contributed by atoms with E-state index >= 15 is 0 Å². The number of anilines is 1. The van der Waals surface area contributed by atoms with Gasteiger partial charge in [-0.05, 0) is 25.8 Å². The monoisotopic (exact) mass is 295 g/mol. The molecule has 0 bridgehead atoms. The summed E-state index contributed by atoms with van der Waals surface area (Å²) in [5, 5.41) is 16.2. The van der Waals surface area contributed by atoms with Crippen LogP contribution in [0, 0.1) is 19.3 Å². The van der Waals surface area contributed by atoms with Gasteiger partial charge >= 0.3 is 0 Å². The minimum atomic E-state index is 0.00894. The van der Waals surface area contributed by atoms with Gasteiger partial charge in [0.15, 0.2) is 5.82 Å². The topological polar surface area (TPSA) is 97.4 Å². The molecule has 0 amide bonds. The molecule has 0 spiro atoms. The molecular formula is C14H25N5O2. The zero-order chi connectivity index (χ0) is 15.8. The maximum Gasteiger partial charge on any atom is 0.162 e. The van der Waals surface area contributed by atoms with E-state index < -0.39 is 0 Å². The van der Waals surface area contributed by atoms with Crippen molar-refractivity contribution in [3.63, 3.8) is 0 Å². The maximum absolute atomic E-state index is 7.82. The second-order valence-corrected chi connectivity index (χ2v) is 4.85. The van der Waals surface area contributed by atoms with Crippen molar-refractivity contribution in [2.75, 3.05) is 45.4 Å². The summed E-state index contributed by atoms with van der Waals surface area (Å²) in [6.07, 6.45) is 0.853. The lowest BCUT2D eigenvalue weighted by atomic mass is 10.1. The van der Waals surface area contributed by atoms with E-state index in [1.807, 2.05) is 18.7 Å². The summed E-state index contributed by atoms with van der Waals surface area (Å²) in [5.74, 6) is 0.647. The highest BCUT2D eigenvalue weighted by Crippen LogP contribution is 2.21. The Kier molecular flexibility index (Phi) is 7.04. The zero-order valence-corrected chi connectivity index (χ0v) is 13.3. The van der Waals surface area contributed by atoms with E-state index in [0.29, 0.717) is 31.1 Å². The minimum Gasteiger partial charge on any atom is -0.385 e. The molecule has 0 radical (unpaired) electrons. The van der Waals surface area contributed by atoms with Crippen LogP contribution in [0.5, 0.6) is 0 Å². The van der Waals surface area contributed by atoms with Gasteiger partial charge in [-0.15, -0.1) is 5.10 Å². The van der Waals surface area contributed by atoms with Crippen molar-refractivity contribution in [3.05, 3.63) is 16.8 Å². The Morgan fingerprint density at radius 3 is 2.38 bits per heavy atom. The molecule has 3 N–H and O–H groups in total. The van der Waals surface area contributed by atoms with Crippen LogP contribution in [0.3, 0.4) is 0 Å². The van der Waals surface area contributed by atoms with Gasteiger partial charge in [-0.3, -0.25) is 5.41 Å². The number of amidine groups is 1. The van der Waals surface area contributed by atoms with Crippen LogP contribution in [0.1, 0.15) is 23.2 Å². The highest BCUT2D eigenvalue weighted by atomic mass is 16.5. The van der Waals surface area contributed by atoms with Crippen molar-refractivity contribution in [2.45, 2.75) is 20.3 Å². The van der Waals surface area contributed by atoms with Crippen LogP contribution in [0.4, 0.5) is 5.82 Å². The number of nitrogens with zero attached hydrogens (tertiary/aromatic N) is 3. The van der Waals surface area contributed by atoms with Gasteiger partial charge in [0, 0.05) is 33.9 Å². The number of rotatable bonds is 9. The number of nitrogens with two attached hydrogens (primary N) is 1. The van der Waals surface area contributed by atoms with Crippen LogP contribution in [-0.2, 0) is 9.47 Å². The fourth-order valence-electron chi connectivity index (χ4n) is 2.06. The second-order valence-electron chi connectivity index (χ2n) is 4.85. The molecule has 0 fully saturated rings. The fraction of sp³-hybridized carbons (Fsp3) is 0.643. The van der Waals surface area contributed by atoms with Crippen LogP contribution >= 0.6 is 0 Å². The van der Waals surface area contributed by atoms with Crippen molar-refractivity contribution in [3.8, 4) is 0 Å².